The van der Waals surface area contributed by atoms with Crippen LogP contribution in [0.5, 0.6) is 0 Å². The quantitative estimate of drug-likeness (QED) is 0.712. The van der Waals surface area contributed by atoms with Gasteiger partial charge in [0.15, 0.2) is 11.5 Å². The van der Waals surface area contributed by atoms with Crippen LogP contribution in [0, 0.1) is 0 Å². The SMILES string of the molecule is CC(=O)c1ccc(NC(=O)c2ccc(Cc3ccccc3)o2)cc1. The van der Waals surface area contributed by atoms with Crippen molar-refractivity contribution in [3.05, 3.63) is 89.4 Å². The summed E-state index contributed by atoms with van der Waals surface area (Å²) in [7, 11) is 0. The summed E-state index contributed by atoms with van der Waals surface area (Å²) in [4.78, 5) is 23.5. The van der Waals surface area contributed by atoms with E-state index in [0.717, 1.165) is 11.3 Å². The molecule has 0 atom stereocenters. The third-order valence-corrected chi connectivity index (χ3v) is 3.66. The van der Waals surface area contributed by atoms with Crippen LogP contribution in [0.1, 0.15) is 39.2 Å². The van der Waals surface area contributed by atoms with Crippen LogP contribution >= 0.6 is 0 Å². The first-order chi connectivity index (χ1) is 11.6. The molecular formula is C20H17NO3. The minimum atomic E-state index is -0.315. The second kappa shape index (κ2) is 6.96. The number of carbonyl (C=O) groups excluding carboxylic acids is 2. The maximum Gasteiger partial charge on any atom is 0.291 e. The van der Waals surface area contributed by atoms with Gasteiger partial charge in [-0.25, -0.2) is 0 Å². The molecule has 3 aromatic rings. The van der Waals surface area contributed by atoms with Crippen LogP contribution in [0.4, 0.5) is 5.69 Å². The fraction of sp³-hybridized carbons (Fsp3) is 0.100. The van der Waals surface area contributed by atoms with Gasteiger partial charge in [-0.2, -0.15) is 0 Å². The Labute approximate surface area is 140 Å². The lowest BCUT2D eigenvalue weighted by Crippen LogP contribution is -2.10. The normalized spacial score (nSPS) is 10.4. The molecule has 120 valence electrons. The Morgan fingerprint density at radius 1 is 0.917 bits per heavy atom. The standard InChI is InChI=1S/C20H17NO3/c1-14(22)16-7-9-17(10-8-16)21-20(23)19-12-11-18(24-19)13-15-5-3-2-4-6-15/h2-12H,13H2,1H3,(H,21,23). The maximum absolute atomic E-state index is 12.2. The van der Waals surface area contributed by atoms with Gasteiger partial charge < -0.3 is 9.73 Å². The molecule has 0 saturated heterocycles. The molecule has 3 rings (SSSR count). The number of carbonyl (C=O) groups is 2. The first-order valence-electron chi connectivity index (χ1n) is 7.67. The number of hydrogen-bond donors (Lipinski definition) is 1. The smallest absolute Gasteiger partial charge is 0.291 e. The second-order valence-corrected chi connectivity index (χ2v) is 5.52. The lowest BCUT2D eigenvalue weighted by atomic mass is 10.1. The lowest BCUT2D eigenvalue weighted by Gasteiger charge is -2.04. The maximum atomic E-state index is 12.2. The Morgan fingerprint density at radius 3 is 2.29 bits per heavy atom. The van der Waals surface area contributed by atoms with E-state index in [1.54, 1.807) is 36.4 Å². The summed E-state index contributed by atoms with van der Waals surface area (Å²) in [6, 6.07) is 20.2. The first kappa shape index (κ1) is 15.7. The Bertz CT molecular complexity index is 848. The van der Waals surface area contributed by atoms with Gasteiger partial charge in [-0.3, -0.25) is 9.59 Å². The van der Waals surface area contributed by atoms with Gasteiger partial charge in [-0.15, -0.1) is 0 Å². The summed E-state index contributed by atoms with van der Waals surface area (Å²) in [5.74, 6) is 0.671. The highest BCUT2D eigenvalue weighted by Gasteiger charge is 2.12. The zero-order chi connectivity index (χ0) is 16.9. The molecule has 0 aliphatic heterocycles. The van der Waals surface area contributed by atoms with E-state index in [2.05, 4.69) is 5.32 Å². The summed E-state index contributed by atoms with van der Waals surface area (Å²) >= 11 is 0. The average Bonchev–Trinajstić information content (AvgIpc) is 3.05. The van der Waals surface area contributed by atoms with Crippen molar-refractivity contribution >= 4 is 17.4 Å². The van der Waals surface area contributed by atoms with Crippen molar-refractivity contribution in [2.45, 2.75) is 13.3 Å². The highest BCUT2D eigenvalue weighted by Crippen LogP contribution is 2.16. The molecule has 0 aliphatic carbocycles. The molecule has 1 aromatic heterocycles. The summed E-state index contributed by atoms with van der Waals surface area (Å²) in [6.45, 7) is 1.50. The van der Waals surface area contributed by atoms with Crippen molar-refractivity contribution in [3.8, 4) is 0 Å². The van der Waals surface area contributed by atoms with Gasteiger partial charge in [-0.05, 0) is 48.9 Å². The molecule has 0 fully saturated rings. The molecule has 4 heteroatoms. The lowest BCUT2D eigenvalue weighted by molar-refractivity contribution is 0.0993. The highest BCUT2D eigenvalue weighted by atomic mass is 16.3. The minimum absolute atomic E-state index is 0.00975. The molecule has 1 amide bonds. The van der Waals surface area contributed by atoms with Crippen LogP contribution in [-0.4, -0.2) is 11.7 Å². The molecule has 0 saturated carbocycles. The van der Waals surface area contributed by atoms with Crippen molar-refractivity contribution in [1.82, 2.24) is 0 Å². The van der Waals surface area contributed by atoms with Crippen LogP contribution in [-0.2, 0) is 6.42 Å². The van der Waals surface area contributed by atoms with Crippen molar-refractivity contribution in [2.75, 3.05) is 5.32 Å². The molecule has 2 aromatic carbocycles. The zero-order valence-corrected chi connectivity index (χ0v) is 13.3. The highest BCUT2D eigenvalue weighted by molar-refractivity contribution is 6.02. The molecule has 0 radical (unpaired) electrons. The number of furan rings is 1. The van der Waals surface area contributed by atoms with Gasteiger partial charge in [0, 0.05) is 17.7 Å². The fourth-order valence-electron chi connectivity index (χ4n) is 2.37. The van der Waals surface area contributed by atoms with Gasteiger partial charge >= 0.3 is 0 Å². The van der Waals surface area contributed by atoms with E-state index >= 15 is 0 Å². The van der Waals surface area contributed by atoms with Crippen molar-refractivity contribution in [1.29, 1.82) is 0 Å². The van der Waals surface area contributed by atoms with E-state index in [4.69, 9.17) is 4.42 Å². The van der Waals surface area contributed by atoms with E-state index in [9.17, 15) is 9.59 Å². The molecule has 1 heterocycles. The average molecular weight is 319 g/mol. The molecule has 0 unspecified atom stereocenters. The molecule has 0 bridgehead atoms. The van der Waals surface area contributed by atoms with E-state index in [0.29, 0.717) is 17.7 Å². The molecule has 4 nitrogen and oxygen atoms in total. The van der Waals surface area contributed by atoms with Gasteiger partial charge in [0.1, 0.15) is 5.76 Å². The van der Waals surface area contributed by atoms with Gasteiger partial charge in [0.2, 0.25) is 0 Å². The Morgan fingerprint density at radius 2 is 1.62 bits per heavy atom. The van der Waals surface area contributed by atoms with Crippen LogP contribution in [0.15, 0.2) is 71.1 Å². The Balaban J connectivity index is 1.66. The minimum Gasteiger partial charge on any atom is -0.456 e. The predicted molar refractivity (Wildman–Crippen MR) is 92.4 cm³/mol. The fourth-order valence-corrected chi connectivity index (χ4v) is 2.37. The van der Waals surface area contributed by atoms with Crippen molar-refractivity contribution < 1.29 is 14.0 Å². The largest absolute Gasteiger partial charge is 0.456 e. The van der Waals surface area contributed by atoms with Gasteiger partial charge in [0.05, 0.1) is 0 Å². The predicted octanol–water partition coefficient (Wildman–Crippen LogP) is 4.33. The van der Waals surface area contributed by atoms with Crippen molar-refractivity contribution in [2.24, 2.45) is 0 Å². The third-order valence-electron chi connectivity index (χ3n) is 3.66. The van der Waals surface area contributed by atoms with E-state index in [-0.39, 0.29) is 17.5 Å². The summed E-state index contributed by atoms with van der Waals surface area (Å²) < 4.78 is 5.62. The monoisotopic (exact) mass is 319 g/mol. The molecule has 0 aliphatic rings. The number of anilines is 1. The number of Topliss-reactive ketones (excluding diaryl/α,β-unsaturated/α-hetero) is 1. The molecule has 24 heavy (non-hydrogen) atoms. The summed E-state index contributed by atoms with van der Waals surface area (Å²) in [5, 5.41) is 2.76. The number of rotatable bonds is 5. The van der Waals surface area contributed by atoms with Crippen LogP contribution in [0.3, 0.4) is 0 Å². The van der Waals surface area contributed by atoms with Crippen molar-refractivity contribution in [3.63, 3.8) is 0 Å². The van der Waals surface area contributed by atoms with E-state index in [1.807, 2.05) is 30.3 Å². The van der Waals surface area contributed by atoms with Gasteiger partial charge in [-0.1, -0.05) is 30.3 Å². The van der Waals surface area contributed by atoms with E-state index < -0.39 is 0 Å². The number of nitrogens with one attached hydrogen (secondary N) is 1. The number of amides is 1. The molecular weight excluding hydrogens is 302 g/mol. The number of benzene rings is 2. The first-order valence-corrected chi connectivity index (χ1v) is 7.67. The van der Waals surface area contributed by atoms with Crippen LogP contribution in [0.2, 0.25) is 0 Å². The second-order valence-electron chi connectivity index (χ2n) is 5.52. The number of ketones is 1. The van der Waals surface area contributed by atoms with Crippen LogP contribution in [0.25, 0.3) is 0 Å². The Hall–Kier alpha value is -3.14. The molecule has 1 N–H and O–H groups in total. The summed E-state index contributed by atoms with van der Waals surface area (Å²) in [5.41, 5.74) is 2.35. The summed E-state index contributed by atoms with van der Waals surface area (Å²) in [6.07, 6.45) is 0.640. The molecule has 0 spiro atoms. The number of hydrogen-bond acceptors (Lipinski definition) is 3. The third kappa shape index (κ3) is 3.79. The zero-order valence-electron chi connectivity index (χ0n) is 13.3. The van der Waals surface area contributed by atoms with E-state index in [1.165, 1.54) is 6.92 Å². The van der Waals surface area contributed by atoms with Gasteiger partial charge in [0.25, 0.3) is 5.91 Å². The topological polar surface area (TPSA) is 59.3 Å². The van der Waals surface area contributed by atoms with Crippen LogP contribution < -0.4 is 5.32 Å². The Kier molecular flexibility index (Phi) is 4.57.